The number of benzene rings is 1. The second-order valence-corrected chi connectivity index (χ2v) is 6.53. The fourth-order valence-electron chi connectivity index (χ4n) is 2.11. The molecule has 0 N–H and O–H groups in total. The smallest absolute Gasteiger partial charge is 0.236 e. The molecule has 2 aromatic heterocycles. The molecule has 0 aliphatic heterocycles. The van der Waals surface area contributed by atoms with Crippen LogP contribution in [0.15, 0.2) is 42.7 Å². The number of fused-ring (bicyclic) bond motifs is 1. The predicted octanol–water partition coefficient (Wildman–Crippen LogP) is 2.56. The zero-order valence-electron chi connectivity index (χ0n) is 10.5. The summed E-state index contributed by atoms with van der Waals surface area (Å²) in [5.41, 5.74) is 1.90. The van der Waals surface area contributed by atoms with E-state index >= 15 is 0 Å². The van der Waals surface area contributed by atoms with E-state index in [1.54, 1.807) is 24.4 Å². The van der Waals surface area contributed by atoms with Crippen molar-refractivity contribution < 1.29 is 8.42 Å². The zero-order valence-corrected chi connectivity index (χ0v) is 12.1. The average Bonchev–Trinajstić information content (AvgIpc) is 2.78. The summed E-state index contributed by atoms with van der Waals surface area (Å²) in [6, 6.07) is 8.94. The molecular formula is C13H10ClN3O2S. The van der Waals surface area contributed by atoms with Gasteiger partial charge in [-0.3, -0.25) is 0 Å². The van der Waals surface area contributed by atoms with Crippen LogP contribution in [-0.2, 0) is 10.0 Å². The normalized spacial score (nSPS) is 11.9. The maximum absolute atomic E-state index is 11.9. The van der Waals surface area contributed by atoms with Crippen LogP contribution in [-0.4, -0.2) is 28.6 Å². The predicted molar refractivity (Wildman–Crippen MR) is 78.2 cm³/mol. The van der Waals surface area contributed by atoms with E-state index in [-0.39, 0.29) is 5.28 Å². The third-order valence-corrected chi connectivity index (χ3v) is 4.14. The second-order valence-electron chi connectivity index (χ2n) is 4.33. The Morgan fingerprint density at radius 1 is 1.20 bits per heavy atom. The third kappa shape index (κ3) is 2.17. The first-order valence-corrected chi connectivity index (χ1v) is 7.99. The third-order valence-electron chi connectivity index (χ3n) is 2.94. The minimum absolute atomic E-state index is 0.124. The number of hydrogen-bond acceptors (Lipinski definition) is 4. The Morgan fingerprint density at radius 3 is 2.65 bits per heavy atom. The topological polar surface area (TPSA) is 64.8 Å². The van der Waals surface area contributed by atoms with Gasteiger partial charge in [0, 0.05) is 23.3 Å². The van der Waals surface area contributed by atoms with Crippen molar-refractivity contribution >= 4 is 32.5 Å². The van der Waals surface area contributed by atoms with Crippen LogP contribution < -0.4 is 0 Å². The molecule has 0 aliphatic carbocycles. The van der Waals surface area contributed by atoms with Gasteiger partial charge in [0.25, 0.3) is 0 Å². The van der Waals surface area contributed by atoms with Gasteiger partial charge in [0.15, 0.2) is 0 Å². The molecule has 0 atom stereocenters. The van der Waals surface area contributed by atoms with Crippen LogP contribution in [0.4, 0.5) is 0 Å². The number of hydrogen-bond donors (Lipinski definition) is 0. The fraction of sp³-hybridized carbons (Fsp3) is 0.0769. The summed E-state index contributed by atoms with van der Waals surface area (Å²) < 4.78 is 25.0. The monoisotopic (exact) mass is 307 g/mol. The highest BCUT2D eigenvalue weighted by molar-refractivity contribution is 7.89. The van der Waals surface area contributed by atoms with E-state index in [9.17, 15) is 8.42 Å². The van der Waals surface area contributed by atoms with Gasteiger partial charge in [-0.2, -0.15) is 0 Å². The quantitative estimate of drug-likeness (QED) is 0.683. The summed E-state index contributed by atoms with van der Waals surface area (Å²) >= 11 is 5.80. The Morgan fingerprint density at radius 2 is 1.95 bits per heavy atom. The first-order valence-electron chi connectivity index (χ1n) is 5.76. The largest absolute Gasteiger partial charge is 0.245 e. The van der Waals surface area contributed by atoms with Crippen molar-refractivity contribution in [2.45, 2.75) is 0 Å². The van der Waals surface area contributed by atoms with Crippen molar-refractivity contribution in [1.29, 1.82) is 0 Å². The Kier molecular flexibility index (Phi) is 2.99. The SMILES string of the molecule is CS(=O)(=O)n1cc(-c2ccnc(Cl)n2)c2ccccc21. The number of para-hydroxylation sites is 1. The zero-order chi connectivity index (χ0) is 14.3. The van der Waals surface area contributed by atoms with Crippen molar-refractivity contribution in [2.75, 3.05) is 6.26 Å². The van der Waals surface area contributed by atoms with Gasteiger partial charge < -0.3 is 0 Å². The molecule has 0 saturated heterocycles. The van der Waals surface area contributed by atoms with Crippen LogP contribution in [0, 0.1) is 0 Å². The van der Waals surface area contributed by atoms with Crippen LogP contribution in [0.1, 0.15) is 0 Å². The maximum atomic E-state index is 11.9. The molecule has 0 spiro atoms. The van der Waals surface area contributed by atoms with E-state index in [2.05, 4.69) is 9.97 Å². The molecule has 2 heterocycles. The number of nitrogens with zero attached hydrogens (tertiary/aromatic N) is 3. The van der Waals surface area contributed by atoms with E-state index in [1.807, 2.05) is 12.1 Å². The highest BCUT2D eigenvalue weighted by atomic mass is 35.5. The fourth-order valence-corrected chi connectivity index (χ4v) is 3.07. The van der Waals surface area contributed by atoms with Crippen LogP contribution in [0.2, 0.25) is 5.28 Å². The Labute approximate surface area is 120 Å². The maximum Gasteiger partial charge on any atom is 0.236 e. The molecule has 0 amide bonds. The van der Waals surface area contributed by atoms with Crippen molar-refractivity contribution in [3.63, 3.8) is 0 Å². The molecular weight excluding hydrogens is 298 g/mol. The van der Waals surface area contributed by atoms with E-state index < -0.39 is 10.0 Å². The summed E-state index contributed by atoms with van der Waals surface area (Å²) in [6.45, 7) is 0. The van der Waals surface area contributed by atoms with Crippen molar-refractivity contribution in [2.24, 2.45) is 0 Å². The number of halogens is 1. The Balaban J connectivity index is 2.38. The lowest BCUT2D eigenvalue weighted by Gasteiger charge is -2.00. The van der Waals surface area contributed by atoms with Crippen LogP contribution in [0.3, 0.4) is 0 Å². The lowest BCUT2D eigenvalue weighted by molar-refractivity contribution is 0.595. The summed E-state index contributed by atoms with van der Waals surface area (Å²) in [4.78, 5) is 7.97. The van der Waals surface area contributed by atoms with Crippen LogP contribution in [0.5, 0.6) is 0 Å². The standard InChI is InChI=1S/C13H10ClN3O2S/c1-20(18,19)17-8-10(9-4-2-3-5-12(9)17)11-6-7-15-13(14)16-11/h2-8H,1H3. The summed E-state index contributed by atoms with van der Waals surface area (Å²) in [7, 11) is -3.39. The summed E-state index contributed by atoms with van der Waals surface area (Å²) in [6.07, 6.45) is 4.26. The average molecular weight is 308 g/mol. The van der Waals surface area contributed by atoms with Crippen LogP contribution in [0.25, 0.3) is 22.2 Å². The lowest BCUT2D eigenvalue weighted by atomic mass is 10.1. The molecule has 102 valence electrons. The van der Waals surface area contributed by atoms with E-state index in [0.29, 0.717) is 16.8 Å². The van der Waals surface area contributed by atoms with E-state index in [1.165, 1.54) is 10.2 Å². The minimum atomic E-state index is -3.39. The molecule has 0 unspecified atom stereocenters. The second kappa shape index (κ2) is 4.57. The molecule has 3 rings (SSSR count). The molecule has 0 saturated carbocycles. The molecule has 1 aromatic carbocycles. The van der Waals surface area contributed by atoms with Crippen molar-refractivity contribution in [3.8, 4) is 11.3 Å². The number of aromatic nitrogens is 3. The van der Waals surface area contributed by atoms with E-state index in [4.69, 9.17) is 11.6 Å². The minimum Gasteiger partial charge on any atom is -0.245 e. The number of rotatable bonds is 2. The molecule has 20 heavy (non-hydrogen) atoms. The molecule has 0 bridgehead atoms. The van der Waals surface area contributed by atoms with Crippen molar-refractivity contribution in [1.82, 2.24) is 13.9 Å². The highest BCUT2D eigenvalue weighted by Crippen LogP contribution is 2.30. The molecule has 3 aromatic rings. The van der Waals surface area contributed by atoms with Crippen molar-refractivity contribution in [3.05, 3.63) is 48.0 Å². The molecule has 0 fully saturated rings. The van der Waals surface area contributed by atoms with Gasteiger partial charge in [-0.25, -0.2) is 22.4 Å². The van der Waals surface area contributed by atoms with Gasteiger partial charge in [-0.15, -0.1) is 0 Å². The Bertz CT molecular complexity index is 903. The van der Waals surface area contributed by atoms with Gasteiger partial charge in [0.05, 0.1) is 17.5 Å². The molecule has 7 heteroatoms. The summed E-state index contributed by atoms with van der Waals surface area (Å²) in [5.74, 6) is 0. The highest BCUT2D eigenvalue weighted by Gasteiger charge is 2.16. The lowest BCUT2D eigenvalue weighted by Crippen LogP contribution is -2.07. The first-order chi connectivity index (χ1) is 9.47. The van der Waals surface area contributed by atoms with Crippen LogP contribution >= 0.6 is 11.6 Å². The molecule has 0 radical (unpaired) electrons. The summed E-state index contributed by atoms with van der Waals surface area (Å²) in [5, 5.41) is 0.923. The van der Waals surface area contributed by atoms with Gasteiger partial charge >= 0.3 is 0 Å². The van der Waals surface area contributed by atoms with Gasteiger partial charge in [-0.1, -0.05) is 18.2 Å². The van der Waals surface area contributed by atoms with Gasteiger partial charge in [-0.05, 0) is 23.7 Å². The van der Waals surface area contributed by atoms with Gasteiger partial charge in [0.1, 0.15) is 0 Å². The first kappa shape index (κ1) is 13.1. The molecule has 5 nitrogen and oxygen atoms in total. The molecule has 0 aliphatic rings. The van der Waals surface area contributed by atoms with Gasteiger partial charge in [0.2, 0.25) is 15.3 Å². The van der Waals surface area contributed by atoms with E-state index in [0.717, 1.165) is 11.6 Å². The Hall–Kier alpha value is -1.92.